The van der Waals surface area contributed by atoms with Crippen molar-refractivity contribution in [1.82, 2.24) is 5.43 Å². The zero-order valence-corrected chi connectivity index (χ0v) is 13.1. The van der Waals surface area contributed by atoms with Gasteiger partial charge in [-0.25, -0.2) is 0 Å². The van der Waals surface area contributed by atoms with Crippen molar-refractivity contribution < 1.29 is 0 Å². The summed E-state index contributed by atoms with van der Waals surface area (Å²) in [6, 6.07) is 11.5. The lowest BCUT2D eigenvalue weighted by atomic mass is 9.74. The molecule has 2 nitrogen and oxygen atoms in total. The maximum atomic E-state index is 5.87. The molecule has 110 valence electrons. The highest BCUT2D eigenvalue weighted by Gasteiger charge is 2.29. The molecule has 0 bridgehead atoms. The molecule has 0 spiro atoms. The zero-order chi connectivity index (χ0) is 14.2. The molecule has 0 amide bonds. The van der Waals surface area contributed by atoms with Gasteiger partial charge in [0.25, 0.3) is 0 Å². The van der Waals surface area contributed by atoms with E-state index in [1.165, 1.54) is 48.1 Å². The third-order valence-corrected chi connectivity index (χ3v) is 6.39. The van der Waals surface area contributed by atoms with E-state index in [0.29, 0.717) is 12.0 Å². The van der Waals surface area contributed by atoms with Crippen molar-refractivity contribution >= 4 is 11.3 Å². The van der Waals surface area contributed by atoms with E-state index < -0.39 is 0 Å². The maximum Gasteiger partial charge on any atom is 0.0559 e. The van der Waals surface area contributed by atoms with Crippen LogP contribution in [0.4, 0.5) is 0 Å². The first-order valence-electron chi connectivity index (χ1n) is 8.00. The predicted molar refractivity (Wildman–Crippen MR) is 88.5 cm³/mol. The van der Waals surface area contributed by atoms with Crippen LogP contribution in [-0.2, 0) is 19.3 Å². The van der Waals surface area contributed by atoms with Gasteiger partial charge in [-0.1, -0.05) is 24.3 Å². The number of nitrogens with two attached hydrogens (primary N) is 1. The Bertz CT molecular complexity index is 623. The third-order valence-electron chi connectivity index (χ3n) is 5.04. The molecule has 0 aliphatic heterocycles. The van der Waals surface area contributed by atoms with Gasteiger partial charge in [0, 0.05) is 9.75 Å². The monoisotopic (exact) mass is 298 g/mol. The topological polar surface area (TPSA) is 38.0 Å². The number of nitrogens with one attached hydrogen (secondary N) is 1. The van der Waals surface area contributed by atoms with Crippen molar-refractivity contribution in [1.29, 1.82) is 0 Å². The first kappa shape index (κ1) is 13.5. The van der Waals surface area contributed by atoms with Crippen LogP contribution in [-0.4, -0.2) is 0 Å². The highest BCUT2D eigenvalue weighted by Crippen LogP contribution is 2.42. The SMILES string of the molecule is NNC(CC1Cc2ccccc21)c1cc2c(s1)CCCC2. The summed E-state index contributed by atoms with van der Waals surface area (Å²) in [4.78, 5) is 3.04. The van der Waals surface area contributed by atoms with Crippen molar-refractivity contribution in [3.8, 4) is 0 Å². The van der Waals surface area contributed by atoms with Gasteiger partial charge in [-0.3, -0.25) is 11.3 Å². The Morgan fingerprint density at radius 3 is 2.86 bits per heavy atom. The molecule has 2 aromatic rings. The molecule has 2 aliphatic rings. The van der Waals surface area contributed by atoms with Crippen molar-refractivity contribution in [3.05, 3.63) is 56.8 Å². The molecule has 2 unspecified atom stereocenters. The Labute approximate surface area is 130 Å². The number of benzene rings is 1. The lowest BCUT2D eigenvalue weighted by Gasteiger charge is -2.32. The molecular weight excluding hydrogens is 276 g/mol. The third kappa shape index (κ3) is 2.44. The number of aryl methyl sites for hydroxylation is 2. The molecule has 0 saturated carbocycles. The van der Waals surface area contributed by atoms with Crippen LogP contribution in [0.2, 0.25) is 0 Å². The van der Waals surface area contributed by atoms with Crippen molar-refractivity contribution in [2.45, 2.75) is 50.5 Å². The van der Waals surface area contributed by atoms with E-state index in [0.717, 1.165) is 6.42 Å². The molecule has 2 aliphatic carbocycles. The Kier molecular flexibility index (Phi) is 3.57. The van der Waals surface area contributed by atoms with Crippen LogP contribution in [0.15, 0.2) is 30.3 Å². The minimum absolute atomic E-state index is 0.305. The van der Waals surface area contributed by atoms with Gasteiger partial charge in [0.2, 0.25) is 0 Å². The first-order chi connectivity index (χ1) is 10.3. The molecule has 0 fully saturated rings. The largest absolute Gasteiger partial charge is 0.271 e. The number of hydrazine groups is 1. The van der Waals surface area contributed by atoms with Gasteiger partial charge in [-0.05, 0) is 67.2 Å². The normalized spacial score (nSPS) is 21.3. The molecule has 1 aromatic heterocycles. The molecule has 21 heavy (non-hydrogen) atoms. The highest BCUT2D eigenvalue weighted by molar-refractivity contribution is 7.12. The minimum Gasteiger partial charge on any atom is -0.271 e. The number of fused-ring (bicyclic) bond motifs is 2. The van der Waals surface area contributed by atoms with Crippen LogP contribution < -0.4 is 11.3 Å². The number of rotatable bonds is 4. The minimum atomic E-state index is 0.305. The van der Waals surface area contributed by atoms with Crippen molar-refractivity contribution in [2.24, 2.45) is 5.84 Å². The van der Waals surface area contributed by atoms with E-state index >= 15 is 0 Å². The summed E-state index contributed by atoms with van der Waals surface area (Å²) in [6.45, 7) is 0. The maximum absolute atomic E-state index is 5.87. The number of hydrogen-bond acceptors (Lipinski definition) is 3. The molecule has 0 radical (unpaired) electrons. The van der Waals surface area contributed by atoms with E-state index in [1.54, 1.807) is 10.4 Å². The molecule has 1 heterocycles. The van der Waals surface area contributed by atoms with Crippen LogP contribution in [0.5, 0.6) is 0 Å². The predicted octanol–water partition coefficient (Wildman–Crippen LogP) is 3.86. The van der Waals surface area contributed by atoms with E-state index in [4.69, 9.17) is 5.84 Å². The zero-order valence-electron chi connectivity index (χ0n) is 12.3. The molecule has 4 rings (SSSR count). The van der Waals surface area contributed by atoms with E-state index in [-0.39, 0.29) is 0 Å². The van der Waals surface area contributed by atoms with Crippen molar-refractivity contribution in [2.75, 3.05) is 0 Å². The summed E-state index contributed by atoms with van der Waals surface area (Å²) < 4.78 is 0. The van der Waals surface area contributed by atoms with Crippen molar-refractivity contribution in [3.63, 3.8) is 0 Å². The smallest absolute Gasteiger partial charge is 0.0559 e. The van der Waals surface area contributed by atoms with Crippen LogP contribution in [0, 0.1) is 0 Å². The quantitative estimate of drug-likeness (QED) is 0.664. The average Bonchev–Trinajstić information content (AvgIpc) is 2.92. The summed E-state index contributed by atoms with van der Waals surface area (Å²) in [5.74, 6) is 6.53. The first-order valence-corrected chi connectivity index (χ1v) is 8.82. The van der Waals surface area contributed by atoms with Crippen LogP contribution in [0.1, 0.15) is 57.7 Å². The molecule has 3 N–H and O–H groups in total. The van der Waals surface area contributed by atoms with Crippen LogP contribution in [0.3, 0.4) is 0 Å². The molecular formula is C18H22N2S. The van der Waals surface area contributed by atoms with Gasteiger partial charge in [0.1, 0.15) is 0 Å². The second-order valence-corrected chi connectivity index (χ2v) is 7.53. The fraction of sp³-hybridized carbons (Fsp3) is 0.444. The fourth-order valence-electron chi connectivity index (χ4n) is 3.81. The summed E-state index contributed by atoms with van der Waals surface area (Å²) in [5.41, 5.74) is 7.69. The van der Waals surface area contributed by atoms with E-state index in [1.807, 2.05) is 11.3 Å². The van der Waals surface area contributed by atoms with Gasteiger partial charge < -0.3 is 0 Å². The van der Waals surface area contributed by atoms with Gasteiger partial charge >= 0.3 is 0 Å². The second-order valence-electron chi connectivity index (χ2n) is 6.36. The van der Waals surface area contributed by atoms with Gasteiger partial charge in [-0.2, -0.15) is 0 Å². The average molecular weight is 298 g/mol. The van der Waals surface area contributed by atoms with Gasteiger partial charge in [-0.15, -0.1) is 11.3 Å². The summed E-state index contributed by atoms with van der Waals surface area (Å²) in [6.07, 6.45) is 7.55. The molecule has 3 heteroatoms. The molecule has 1 aromatic carbocycles. The lowest BCUT2D eigenvalue weighted by molar-refractivity contribution is 0.440. The lowest BCUT2D eigenvalue weighted by Crippen LogP contribution is -2.31. The van der Waals surface area contributed by atoms with Crippen LogP contribution in [0.25, 0.3) is 0 Å². The Morgan fingerprint density at radius 1 is 1.19 bits per heavy atom. The Hall–Kier alpha value is -1.16. The number of hydrogen-bond donors (Lipinski definition) is 2. The number of thiophene rings is 1. The Morgan fingerprint density at radius 2 is 2.05 bits per heavy atom. The van der Waals surface area contributed by atoms with Crippen LogP contribution >= 0.6 is 11.3 Å². The van der Waals surface area contributed by atoms with E-state index in [2.05, 4.69) is 35.8 Å². The van der Waals surface area contributed by atoms with E-state index in [9.17, 15) is 0 Å². The Balaban J connectivity index is 1.52. The summed E-state index contributed by atoms with van der Waals surface area (Å²) in [5, 5.41) is 0. The molecule has 2 atom stereocenters. The fourth-order valence-corrected chi connectivity index (χ4v) is 5.14. The summed E-state index contributed by atoms with van der Waals surface area (Å²) in [7, 11) is 0. The second kappa shape index (κ2) is 5.56. The van der Waals surface area contributed by atoms with Gasteiger partial charge in [0.15, 0.2) is 0 Å². The summed E-state index contributed by atoms with van der Waals surface area (Å²) >= 11 is 1.98. The standard InChI is InChI=1S/C18H22N2S/c19-20-16(10-14-9-12-5-1-3-7-15(12)14)18-11-13-6-2-4-8-17(13)21-18/h1,3,5,7,11,14,16,20H,2,4,6,8-10,19H2. The van der Waals surface area contributed by atoms with Gasteiger partial charge in [0.05, 0.1) is 6.04 Å². The molecule has 0 saturated heterocycles. The highest BCUT2D eigenvalue weighted by atomic mass is 32.1.